The Bertz CT molecular complexity index is 423. The number of halogens is 1. The maximum atomic E-state index is 5.36. The minimum absolute atomic E-state index is 0.529. The molecule has 0 saturated heterocycles. The van der Waals surface area contributed by atoms with Gasteiger partial charge in [-0.05, 0) is 31.0 Å². The van der Waals surface area contributed by atoms with E-state index in [0.717, 1.165) is 22.5 Å². The molecule has 21 heavy (non-hydrogen) atoms. The van der Waals surface area contributed by atoms with Crippen molar-refractivity contribution in [3.8, 4) is 11.5 Å². The van der Waals surface area contributed by atoms with E-state index < -0.39 is 0 Å². The van der Waals surface area contributed by atoms with E-state index >= 15 is 0 Å². The summed E-state index contributed by atoms with van der Waals surface area (Å²) < 4.78 is 11.7. The molecule has 1 unspecified atom stereocenters. The predicted octanol–water partition coefficient (Wildman–Crippen LogP) is 4.91. The molecular formula is C17H28BrNO2. The van der Waals surface area contributed by atoms with Gasteiger partial charge in [0.05, 0.1) is 14.2 Å². The number of benzene rings is 1. The van der Waals surface area contributed by atoms with Crippen LogP contribution in [0.5, 0.6) is 11.5 Å². The van der Waals surface area contributed by atoms with E-state index in [0.29, 0.717) is 6.04 Å². The lowest BCUT2D eigenvalue weighted by Crippen LogP contribution is -2.25. The van der Waals surface area contributed by atoms with Gasteiger partial charge >= 0.3 is 0 Å². The van der Waals surface area contributed by atoms with Crippen LogP contribution >= 0.6 is 15.9 Å². The smallest absolute Gasteiger partial charge is 0.161 e. The molecule has 0 radical (unpaired) electrons. The molecule has 120 valence electrons. The van der Waals surface area contributed by atoms with Crippen molar-refractivity contribution in [2.24, 2.45) is 0 Å². The van der Waals surface area contributed by atoms with Crippen molar-refractivity contribution >= 4 is 15.9 Å². The molecular weight excluding hydrogens is 330 g/mol. The summed E-state index contributed by atoms with van der Waals surface area (Å²) in [6, 6.07) is 4.52. The third-order valence-corrected chi connectivity index (χ3v) is 4.42. The Labute approximate surface area is 137 Å². The Morgan fingerprint density at radius 3 is 2.38 bits per heavy atom. The molecule has 0 aliphatic heterocycles. The maximum Gasteiger partial charge on any atom is 0.161 e. The van der Waals surface area contributed by atoms with Gasteiger partial charge in [-0.15, -0.1) is 0 Å². The zero-order valence-electron chi connectivity index (χ0n) is 13.7. The van der Waals surface area contributed by atoms with Gasteiger partial charge in [-0.1, -0.05) is 48.5 Å². The van der Waals surface area contributed by atoms with Gasteiger partial charge in [-0.3, -0.25) is 0 Å². The SMILES string of the molecule is CCCCCCC(C)NCc1cc(OC)c(OC)cc1Br. The summed E-state index contributed by atoms with van der Waals surface area (Å²) in [7, 11) is 3.32. The minimum atomic E-state index is 0.529. The van der Waals surface area contributed by atoms with Crippen molar-refractivity contribution in [2.45, 2.75) is 58.5 Å². The molecule has 0 bridgehead atoms. The summed E-state index contributed by atoms with van der Waals surface area (Å²) in [5, 5.41) is 3.58. The van der Waals surface area contributed by atoms with Crippen LogP contribution in [0.2, 0.25) is 0 Å². The first kappa shape index (κ1) is 18.3. The van der Waals surface area contributed by atoms with E-state index in [1.807, 2.05) is 12.1 Å². The predicted molar refractivity (Wildman–Crippen MR) is 92.3 cm³/mol. The van der Waals surface area contributed by atoms with E-state index in [1.165, 1.54) is 37.7 Å². The topological polar surface area (TPSA) is 30.5 Å². The molecule has 0 fully saturated rings. The molecule has 0 aromatic heterocycles. The molecule has 1 atom stereocenters. The lowest BCUT2D eigenvalue weighted by atomic mass is 10.1. The van der Waals surface area contributed by atoms with Gasteiger partial charge in [0.25, 0.3) is 0 Å². The Balaban J connectivity index is 2.51. The van der Waals surface area contributed by atoms with Crippen molar-refractivity contribution in [2.75, 3.05) is 14.2 Å². The van der Waals surface area contributed by atoms with Crippen LogP contribution < -0.4 is 14.8 Å². The number of hydrogen-bond acceptors (Lipinski definition) is 3. The van der Waals surface area contributed by atoms with E-state index in [9.17, 15) is 0 Å². The van der Waals surface area contributed by atoms with E-state index in [1.54, 1.807) is 14.2 Å². The number of methoxy groups -OCH3 is 2. The number of ether oxygens (including phenoxy) is 2. The zero-order valence-corrected chi connectivity index (χ0v) is 15.3. The zero-order chi connectivity index (χ0) is 15.7. The molecule has 0 saturated carbocycles. The molecule has 1 rings (SSSR count). The standard InChI is InChI=1S/C17H28BrNO2/c1-5-6-7-8-9-13(2)19-12-14-10-16(20-3)17(21-4)11-15(14)18/h10-11,13,19H,5-9,12H2,1-4H3. The number of hydrogen-bond donors (Lipinski definition) is 1. The third kappa shape index (κ3) is 6.27. The molecule has 0 aliphatic rings. The van der Waals surface area contributed by atoms with Gasteiger partial charge < -0.3 is 14.8 Å². The Morgan fingerprint density at radius 2 is 1.76 bits per heavy atom. The second-order valence-electron chi connectivity index (χ2n) is 5.43. The van der Waals surface area contributed by atoms with Crippen LogP contribution in [-0.4, -0.2) is 20.3 Å². The van der Waals surface area contributed by atoms with Crippen LogP contribution in [0.25, 0.3) is 0 Å². The highest BCUT2D eigenvalue weighted by Crippen LogP contribution is 2.33. The first-order valence-corrected chi connectivity index (χ1v) is 8.55. The van der Waals surface area contributed by atoms with Crippen LogP contribution in [-0.2, 0) is 6.54 Å². The molecule has 0 aliphatic carbocycles. The fraction of sp³-hybridized carbons (Fsp3) is 0.647. The van der Waals surface area contributed by atoms with Gasteiger partial charge in [0.1, 0.15) is 0 Å². The van der Waals surface area contributed by atoms with Gasteiger partial charge in [0, 0.05) is 17.1 Å². The van der Waals surface area contributed by atoms with Crippen molar-refractivity contribution in [3.05, 3.63) is 22.2 Å². The first-order chi connectivity index (χ1) is 10.1. The summed E-state index contributed by atoms with van der Waals surface area (Å²) >= 11 is 3.60. The molecule has 0 amide bonds. The Kier molecular flexibility index (Phi) is 8.77. The highest BCUT2D eigenvalue weighted by Gasteiger charge is 2.10. The van der Waals surface area contributed by atoms with E-state index in [4.69, 9.17) is 9.47 Å². The molecule has 3 nitrogen and oxygen atoms in total. The highest BCUT2D eigenvalue weighted by molar-refractivity contribution is 9.10. The summed E-state index contributed by atoms with van der Waals surface area (Å²) in [6.45, 7) is 5.33. The van der Waals surface area contributed by atoms with Gasteiger partial charge in [0.15, 0.2) is 11.5 Å². The first-order valence-electron chi connectivity index (χ1n) is 7.76. The third-order valence-electron chi connectivity index (χ3n) is 3.68. The van der Waals surface area contributed by atoms with E-state index in [2.05, 4.69) is 35.1 Å². The van der Waals surface area contributed by atoms with Gasteiger partial charge in [-0.2, -0.15) is 0 Å². The van der Waals surface area contributed by atoms with Crippen molar-refractivity contribution in [1.29, 1.82) is 0 Å². The minimum Gasteiger partial charge on any atom is -0.493 e. The molecule has 0 spiro atoms. The summed E-state index contributed by atoms with van der Waals surface area (Å²) in [5.41, 5.74) is 1.19. The lowest BCUT2D eigenvalue weighted by Gasteiger charge is -2.16. The quantitative estimate of drug-likeness (QED) is 0.603. The molecule has 0 heterocycles. The van der Waals surface area contributed by atoms with Crippen molar-refractivity contribution in [3.63, 3.8) is 0 Å². The van der Waals surface area contributed by atoms with Crippen LogP contribution in [0.1, 0.15) is 51.5 Å². The molecule has 1 aromatic carbocycles. The fourth-order valence-electron chi connectivity index (χ4n) is 2.30. The van der Waals surface area contributed by atoms with Crippen LogP contribution in [0.4, 0.5) is 0 Å². The number of unbranched alkanes of at least 4 members (excludes halogenated alkanes) is 3. The summed E-state index contributed by atoms with van der Waals surface area (Å²) in [6.07, 6.45) is 6.50. The normalized spacial score (nSPS) is 12.2. The Hall–Kier alpha value is -0.740. The van der Waals surface area contributed by atoms with Crippen LogP contribution in [0, 0.1) is 0 Å². The average molecular weight is 358 g/mol. The summed E-state index contributed by atoms with van der Waals surface area (Å²) in [4.78, 5) is 0. The van der Waals surface area contributed by atoms with Crippen LogP contribution in [0.3, 0.4) is 0 Å². The second kappa shape index (κ2) is 10.1. The maximum absolute atomic E-state index is 5.36. The Morgan fingerprint density at radius 1 is 1.10 bits per heavy atom. The van der Waals surface area contributed by atoms with Gasteiger partial charge in [-0.25, -0.2) is 0 Å². The summed E-state index contributed by atoms with van der Waals surface area (Å²) in [5.74, 6) is 1.52. The fourth-order valence-corrected chi connectivity index (χ4v) is 2.76. The van der Waals surface area contributed by atoms with Crippen molar-refractivity contribution in [1.82, 2.24) is 5.32 Å². The van der Waals surface area contributed by atoms with Crippen LogP contribution in [0.15, 0.2) is 16.6 Å². The highest BCUT2D eigenvalue weighted by atomic mass is 79.9. The molecule has 4 heteroatoms. The monoisotopic (exact) mass is 357 g/mol. The molecule has 1 N–H and O–H groups in total. The average Bonchev–Trinajstić information content (AvgIpc) is 2.50. The van der Waals surface area contributed by atoms with E-state index in [-0.39, 0.29) is 0 Å². The van der Waals surface area contributed by atoms with Crippen molar-refractivity contribution < 1.29 is 9.47 Å². The number of rotatable bonds is 10. The number of nitrogens with one attached hydrogen (secondary N) is 1. The van der Waals surface area contributed by atoms with Gasteiger partial charge in [0.2, 0.25) is 0 Å². The second-order valence-corrected chi connectivity index (χ2v) is 6.28. The molecule has 1 aromatic rings. The largest absolute Gasteiger partial charge is 0.493 e. The lowest BCUT2D eigenvalue weighted by molar-refractivity contribution is 0.354.